The molecule has 0 fully saturated rings. The molecular weight excluding hydrogens is 456 g/mol. The van der Waals surface area contributed by atoms with Crippen molar-refractivity contribution in [1.82, 2.24) is 4.90 Å². The number of aliphatic hydroxyl groups excluding tert-OH is 2. The van der Waals surface area contributed by atoms with Gasteiger partial charge in [0.2, 0.25) is 5.78 Å². The van der Waals surface area contributed by atoms with Crippen LogP contribution in [0.1, 0.15) is 29.3 Å². The maximum Gasteiger partial charge on any atom is 0.255 e. The van der Waals surface area contributed by atoms with Crippen LogP contribution in [0.5, 0.6) is 5.75 Å². The molecule has 10 nitrogen and oxygen atoms in total. The maximum absolute atomic E-state index is 13.3. The fraction of sp³-hybridized carbons (Fsp3) is 0.409. The maximum atomic E-state index is 13.3. The van der Waals surface area contributed by atoms with E-state index < -0.39 is 75.0 Å². The molecule has 0 heterocycles. The molecule has 3 aliphatic rings. The average Bonchev–Trinajstić information content (AvgIpc) is 2.68. The number of ketones is 2. The molecule has 0 aliphatic heterocycles. The smallest absolute Gasteiger partial charge is 0.255 e. The lowest BCUT2D eigenvalue weighted by Gasteiger charge is -2.52. The molecule has 0 saturated carbocycles. The van der Waals surface area contributed by atoms with E-state index in [2.05, 4.69) is 0 Å². The second-order valence-corrected chi connectivity index (χ2v) is 8.96. The number of halogens is 1. The summed E-state index contributed by atoms with van der Waals surface area (Å²) in [5.74, 6) is -7.89. The quantitative estimate of drug-likeness (QED) is 0.322. The number of benzene rings is 1. The van der Waals surface area contributed by atoms with Crippen LogP contribution in [-0.4, -0.2) is 73.6 Å². The minimum absolute atomic E-state index is 0. The minimum Gasteiger partial charge on any atom is -0.510 e. The monoisotopic (exact) mass is 480 g/mol. The highest BCUT2D eigenvalue weighted by molar-refractivity contribution is 6.24. The lowest BCUT2D eigenvalue weighted by Crippen LogP contribution is -2.65. The molecule has 178 valence electrons. The highest BCUT2D eigenvalue weighted by atomic mass is 35.5. The van der Waals surface area contributed by atoms with E-state index in [-0.39, 0.29) is 30.0 Å². The number of carbonyl (C=O) groups is 3. The summed E-state index contributed by atoms with van der Waals surface area (Å²) in [7, 11) is 3.06. The summed E-state index contributed by atoms with van der Waals surface area (Å²) < 4.78 is 0. The van der Waals surface area contributed by atoms with Crippen molar-refractivity contribution in [1.29, 1.82) is 0 Å². The molecule has 0 bridgehead atoms. The lowest BCUT2D eigenvalue weighted by atomic mass is 9.55. The summed E-state index contributed by atoms with van der Waals surface area (Å²) >= 11 is 0. The van der Waals surface area contributed by atoms with Crippen molar-refractivity contribution < 1.29 is 39.9 Å². The second-order valence-electron chi connectivity index (χ2n) is 8.96. The van der Waals surface area contributed by atoms with Crippen LogP contribution in [0.25, 0.3) is 0 Å². The Morgan fingerprint density at radius 1 is 1.15 bits per heavy atom. The number of likely N-dealkylation sites (N-methyl/N-ethyl adjacent to an activating group) is 1. The standard InChI is InChI=1S/C22H24N2O8.ClH/c1-21(31)8-5-4-6-11(25)12(8)16(26)13-9(21)7-10-15(24(2)3)17(27)14(20(23)30)19(29)22(10,32)18(13)28;/h4-6,9-10,15,25,27-28,31-32H,7H2,1-3H3,(H2,23,30);1H/t9-,10-,15+,21+,22-;/m0./s1. The van der Waals surface area contributed by atoms with E-state index in [0.29, 0.717) is 0 Å². The van der Waals surface area contributed by atoms with E-state index in [4.69, 9.17) is 5.73 Å². The zero-order valence-electron chi connectivity index (χ0n) is 18.1. The fourth-order valence-corrected chi connectivity index (χ4v) is 5.51. The molecule has 1 amide bonds. The number of nitrogens with zero attached hydrogens (tertiary/aromatic N) is 1. The van der Waals surface area contributed by atoms with E-state index >= 15 is 0 Å². The molecule has 7 N–H and O–H groups in total. The molecule has 0 spiro atoms. The van der Waals surface area contributed by atoms with E-state index in [0.717, 1.165) is 0 Å². The second kappa shape index (κ2) is 7.56. The number of fused-ring (bicyclic) bond motifs is 3. The van der Waals surface area contributed by atoms with E-state index in [1.54, 1.807) is 0 Å². The van der Waals surface area contributed by atoms with Crippen LogP contribution in [0.3, 0.4) is 0 Å². The number of carbonyl (C=O) groups excluding carboxylic acids is 3. The first-order valence-corrected chi connectivity index (χ1v) is 9.97. The first-order chi connectivity index (χ1) is 14.8. The molecular formula is C22H25ClN2O8. The highest BCUT2D eigenvalue weighted by Gasteiger charge is 2.65. The van der Waals surface area contributed by atoms with E-state index in [9.17, 15) is 39.9 Å². The number of aromatic hydroxyl groups is 1. The van der Waals surface area contributed by atoms with Gasteiger partial charge in [0, 0.05) is 17.4 Å². The van der Waals surface area contributed by atoms with Gasteiger partial charge in [-0.1, -0.05) is 12.1 Å². The summed E-state index contributed by atoms with van der Waals surface area (Å²) in [6.07, 6.45) is -0.200. The highest BCUT2D eigenvalue weighted by Crippen LogP contribution is 2.56. The van der Waals surface area contributed by atoms with Crippen molar-refractivity contribution in [2.45, 2.75) is 30.6 Å². The first kappa shape index (κ1) is 24.7. The molecule has 1 aromatic rings. The van der Waals surface area contributed by atoms with Crippen molar-refractivity contribution in [3.05, 3.63) is 52.0 Å². The molecule has 3 aliphatic carbocycles. The summed E-state index contributed by atoms with van der Waals surface area (Å²) in [5, 5.41) is 55.0. The van der Waals surface area contributed by atoms with Crippen molar-refractivity contribution in [3.63, 3.8) is 0 Å². The molecule has 0 aromatic heterocycles. The van der Waals surface area contributed by atoms with Gasteiger partial charge in [-0.15, -0.1) is 12.4 Å². The number of aliphatic hydroxyl groups is 4. The van der Waals surface area contributed by atoms with Crippen LogP contribution in [0.4, 0.5) is 0 Å². The number of Topliss-reactive ketones (excluding diaryl/α,β-unsaturated/α-hetero) is 2. The number of amides is 1. The Hall–Kier alpha value is -2.92. The Morgan fingerprint density at radius 2 is 1.76 bits per heavy atom. The van der Waals surface area contributed by atoms with Gasteiger partial charge in [0.05, 0.1) is 17.2 Å². The van der Waals surface area contributed by atoms with Gasteiger partial charge < -0.3 is 31.3 Å². The number of hydrogen-bond acceptors (Lipinski definition) is 9. The molecule has 1 aromatic carbocycles. The normalized spacial score (nSPS) is 33.3. The third kappa shape index (κ3) is 2.95. The predicted octanol–water partition coefficient (Wildman–Crippen LogP) is 0.207. The average molecular weight is 481 g/mol. The van der Waals surface area contributed by atoms with E-state index in [1.807, 2.05) is 0 Å². The van der Waals surface area contributed by atoms with Crippen molar-refractivity contribution >= 4 is 29.9 Å². The Labute approximate surface area is 195 Å². The minimum atomic E-state index is -2.75. The Balaban J connectivity index is 0.00000306. The third-order valence-corrected chi connectivity index (χ3v) is 7.02. The Morgan fingerprint density at radius 3 is 2.30 bits per heavy atom. The first-order valence-electron chi connectivity index (χ1n) is 9.97. The van der Waals surface area contributed by atoms with Gasteiger partial charge in [0.1, 0.15) is 22.8 Å². The third-order valence-electron chi connectivity index (χ3n) is 7.02. The van der Waals surface area contributed by atoms with Gasteiger partial charge in [-0.3, -0.25) is 19.3 Å². The number of phenols is 1. The number of nitrogens with two attached hydrogens (primary N) is 1. The van der Waals surface area contributed by atoms with Gasteiger partial charge in [-0.2, -0.15) is 0 Å². The largest absolute Gasteiger partial charge is 0.510 e. The van der Waals surface area contributed by atoms with Gasteiger partial charge in [0.15, 0.2) is 11.4 Å². The summed E-state index contributed by atoms with van der Waals surface area (Å²) in [6, 6.07) is 3.05. The van der Waals surface area contributed by atoms with Crippen LogP contribution < -0.4 is 5.73 Å². The Bertz CT molecular complexity index is 1160. The summed E-state index contributed by atoms with van der Waals surface area (Å²) in [5.41, 5.74) is -0.654. The van der Waals surface area contributed by atoms with Crippen LogP contribution in [0.15, 0.2) is 40.9 Å². The lowest BCUT2D eigenvalue weighted by molar-refractivity contribution is -0.151. The molecule has 5 atom stereocenters. The van der Waals surface area contributed by atoms with Crippen LogP contribution in [-0.2, 0) is 15.2 Å². The number of hydrogen-bond donors (Lipinski definition) is 6. The van der Waals surface area contributed by atoms with Gasteiger partial charge in [-0.05, 0) is 39.1 Å². The van der Waals surface area contributed by atoms with Crippen molar-refractivity contribution in [2.75, 3.05) is 14.1 Å². The van der Waals surface area contributed by atoms with Crippen LogP contribution in [0.2, 0.25) is 0 Å². The van der Waals surface area contributed by atoms with E-state index in [1.165, 1.54) is 44.1 Å². The van der Waals surface area contributed by atoms with Gasteiger partial charge in [0.25, 0.3) is 5.91 Å². The number of phenolic OH excluding ortho intramolecular Hbond substituents is 1. The molecule has 11 heteroatoms. The Kier molecular flexibility index (Phi) is 5.66. The summed E-state index contributed by atoms with van der Waals surface area (Å²) in [4.78, 5) is 39.9. The fourth-order valence-electron chi connectivity index (χ4n) is 5.51. The molecule has 4 rings (SSSR count). The topological polar surface area (TPSA) is 182 Å². The zero-order chi connectivity index (χ0) is 23.9. The van der Waals surface area contributed by atoms with Gasteiger partial charge in [-0.25, -0.2) is 0 Å². The van der Waals surface area contributed by atoms with Crippen LogP contribution in [0, 0.1) is 11.8 Å². The predicted molar refractivity (Wildman–Crippen MR) is 117 cm³/mol. The number of primary amides is 1. The SMILES string of the molecule is CN(C)[C@H]1C(O)=C(C(N)=O)C(=O)[C@@]2(O)C(O)=C3C(=O)c4c(O)cccc4[C@@](C)(O)[C@H]3C[C@@H]12.Cl. The molecule has 0 unspecified atom stereocenters. The number of rotatable bonds is 2. The molecule has 33 heavy (non-hydrogen) atoms. The molecule has 0 saturated heterocycles. The van der Waals surface area contributed by atoms with Crippen molar-refractivity contribution in [3.8, 4) is 5.75 Å². The summed E-state index contributed by atoms with van der Waals surface area (Å²) in [6.45, 7) is 1.40. The zero-order valence-corrected chi connectivity index (χ0v) is 18.9. The van der Waals surface area contributed by atoms with Gasteiger partial charge >= 0.3 is 0 Å². The van der Waals surface area contributed by atoms with Crippen molar-refractivity contribution in [2.24, 2.45) is 17.6 Å². The molecule has 0 radical (unpaired) electrons. The van der Waals surface area contributed by atoms with Crippen LogP contribution >= 0.6 is 12.4 Å².